The van der Waals surface area contributed by atoms with Crippen LogP contribution in [0.2, 0.25) is 0 Å². The molecule has 2 aliphatic heterocycles. The fourth-order valence-corrected chi connectivity index (χ4v) is 3.02. The van der Waals surface area contributed by atoms with Crippen molar-refractivity contribution in [1.82, 2.24) is 10.2 Å². The van der Waals surface area contributed by atoms with Gasteiger partial charge in [-0.25, -0.2) is 0 Å². The first kappa shape index (κ1) is 12.9. The number of amides is 1. The lowest BCUT2D eigenvalue weighted by Crippen LogP contribution is -2.44. The highest BCUT2D eigenvalue weighted by molar-refractivity contribution is 5.76. The van der Waals surface area contributed by atoms with Crippen molar-refractivity contribution in [2.24, 2.45) is 10.8 Å². The van der Waals surface area contributed by atoms with E-state index < -0.39 is 0 Å². The predicted octanol–water partition coefficient (Wildman–Crippen LogP) is 2.02. The Morgan fingerprint density at radius 2 is 1.88 bits per heavy atom. The van der Waals surface area contributed by atoms with E-state index in [1.165, 1.54) is 19.3 Å². The Morgan fingerprint density at radius 1 is 1.24 bits per heavy atom. The van der Waals surface area contributed by atoms with Gasteiger partial charge in [-0.2, -0.15) is 0 Å². The van der Waals surface area contributed by atoms with Crippen LogP contribution in [-0.2, 0) is 4.79 Å². The molecule has 0 aliphatic carbocycles. The molecule has 0 aromatic rings. The Balaban J connectivity index is 1.84. The molecule has 0 radical (unpaired) electrons. The van der Waals surface area contributed by atoms with E-state index in [0.717, 1.165) is 26.2 Å². The van der Waals surface area contributed by atoms with E-state index in [-0.39, 0.29) is 5.41 Å². The number of likely N-dealkylation sites (tertiary alicyclic amines) is 1. The molecule has 1 N–H and O–H groups in total. The summed E-state index contributed by atoms with van der Waals surface area (Å²) in [6.07, 6.45) is 4.36. The first-order valence-corrected chi connectivity index (χ1v) is 6.89. The van der Waals surface area contributed by atoms with Crippen LogP contribution in [0.3, 0.4) is 0 Å². The summed E-state index contributed by atoms with van der Waals surface area (Å²) >= 11 is 0. The van der Waals surface area contributed by atoms with Gasteiger partial charge in [0.15, 0.2) is 0 Å². The molecule has 2 fully saturated rings. The Kier molecular flexibility index (Phi) is 3.48. The second-order valence-electron chi connectivity index (χ2n) is 7.05. The van der Waals surface area contributed by atoms with Crippen LogP contribution >= 0.6 is 0 Å². The molecule has 0 aromatic heterocycles. The van der Waals surface area contributed by atoms with Crippen LogP contribution in [0.25, 0.3) is 0 Å². The predicted molar refractivity (Wildman–Crippen MR) is 69.8 cm³/mol. The number of rotatable bonds is 1. The van der Waals surface area contributed by atoms with Crippen molar-refractivity contribution < 1.29 is 4.79 Å². The molecule has 1 spiro atoms. The Hall–Kier alpha value is -0.570. The van der Waals surface area contributed by atoms with Gasteiger partial charge in [0.05, 0.1) is 0 Å². The standard InChI is InChI=1S/C14H26N2O/c1-13(2,3)10-12(17)16-8-5-14(6-9-16)4-7-15-11-14/h15H,4-11H2,1-3H3. The number of carbonyl (C=O) groups excluding carboxylic acids is 1. The molecule has 0 unspecified atom stereocenters. The molecule has 3 nitrogen and oxygen atoms in total. The van der Waals surface area contributed by atoms with E-state index in [0.29, 0.717) is 17.7 Å². The first-order valence-electron chi connectivity index (χ1n) is 6.89. The summed E-state index contributed by atoms with van der Waals surface area (Å²) < 4.78 is 0. The van der Waals surface area contributed by atoms with Gasteiger partial charge in [0.25, 0.3) is 0 Å². The maximum atomic E-state index is 12.1. The molecule has 0 aromatic carbocycles. The van der Waals surface area contributed by atoms with Gasteiger partial charge in [-0.1, -0.05) is 20.8 Å². The van der Waals surface area contributed by atoms with E-state index in [1.54, 1.807) is 0 Å². The Labute approximate surface area is 105 Å². The van der Waals surface area contributed by atoms with E-state index in [9.17, 15) is 4.79 Å². The van der Waals surface area contributed by atoms with Crippen molar-refractivity contribution >= 4 is 5.91 Å². The number of hydrogen-bond acceptors (Lipinski definition) is 2. The smallest absolute Gasteiger partial charge is 0.223 e. The lowest BCUT2D eigenvalue weighted by molar-refractivity contribution is -0.135. The maximum Gasteiger partial charge on any atom is 0.223 e. The molecule has 0 atom stereocenters. The van der Waals surface area contributed by atoms with Crippen LogP contribution < -0.4 is 5.32 Å². The highest BCUT2D eigenvalue weighted by Crippen LogP contribution is 2.37. The molecule has 3 heteroatoms. The summed E-state index contributed by atoms with van der Waals surface area (Å²) in [4.78, 5) is 14.2. The van der Waals surface area contributed by atoms with Gasteiger partial charge in [0, 0.05) is 26.1 Å². The van der Waals surface area contributed by atoms with Crippen LogP contribution in [-0.4, -0.2) is 37.0 Å². The molecule has 2 rings (SSSR count). The topological polar surface area (TPSA) is 32.3 Å². The highest BCUT2D eigenvalue weighted by Gasteiger charge is 2.38. The van der Waals surface area contributed by atoms with Gasteiger partial charge < -0.3 is 10.2 Å². The zero-order valence-electron chi connectivity index (χ0n) is 11.5. The van der Waals surface area contributed by atoms with Gasteiger partial charge in [0.1, 0.15) is 0 Å². The van der Waals surface area contributed by atoms with Crippen LogP contribution in [0.5, 0.6) is 0 Å². The number of carbonyl (C=O) groups is 1. The van der Waals surface area contributed by atoms with E-state index >= 15 is 0 Å². The fourth-order valence-electron chi connectivity index (χ4n) is 3.02. The van der Waals surface area contributed by atoms with Crippen LogP contribution in [0.15, 0.2) is 0 Å². The van der Waals surface area contributed by atoms with Crippen molar-refractivity contribution in [2.45, 2.75) is 46.5 Å². The fraction of sp³-hybridized carbons (Fsp3) is 0.929. The van der Waals surface area contributed by atoms with Crippen LogP contribution in [0.4, 0.5) is 0 Å². The SMILES string of the molecule is CC(C)(C)CC(=O)N1CCC2(CCNC2)CC1. The van der Waals surface area contributed by atoms with E-state index in [1.807, 2.05) is 0 Å². The summed E-state index contributed by atoms with van der Waals surface area (Å²) in [7, 11) is 0. The third-order valence-corrected chi connectivity index (χ3v) is 4.19. The molecule has 2 heterocycles. The molecule has 1 amide bonds. The van der Waals surface area contributed by atoms with Gasteiger partial charge >= 0.3 is 0 Å². The minimum absolute atomic E-state index is 0.112. The molecule has 2 saturated heterocycles. The molecular weight excluding hydrogens is 212 g/mol. The van der Waals surface area contributed by atoms with Crippen LogP contribution in [0, 0.1) is 10.8 Å². The molecule has 0 saturated carbocycles. The van der Waals surface area contributed by atoms with E-state index in [2.05, 4.69) is 31.0 Å². The first-order chi connectivity index (χ1) is 7.90. The molecule has 98 valence electrons. The Bertz CT molecular complexity index is 277. The average molecular weight is 238 g/mol. The van der Waals surface area contributed by atoms with Crippen molar-refractivity contribution in [3.8, 4) is 0 Å². The van der Waals surface area contributed by atoms with Crippen molar-refractivity contribution in [3.63, 3.8) is 0 Å². The number of nitrogens with zero attached hydrogens (tertiary/aromatic N) is 1. The summed E-state index contributed by atoms with van der Waals surface area (Å²) in [5.41, 5.74) is 0.625. The molecule has 17 heavy (non-hydrogen) atoms. The normalized spacial score (nSPS) is 24.3. The van der Waals surface area contributed by atoms with Gasteiger partial charge in [-0.05, 0) is 36.6 Å². The minimum atomic E-state index is 0.112. The van der Waals surface area contributed by atoms with Crippen molar-refractivity contribution in [3.05, 3.63) is 0 Å². The zero-order chi connectivity index (χ0) is 12.5. The molecule has 2 aliphatic rings. The number of hydrogen-bond donors (Lipinski definition) is 1. The average Bonchev–Trinajstić information content (AvgIpc) is 2.65. The summed E-state index contributed by atoms with van der Waals surface area (Å²) in [5, 5.41) is 3.46. The largest absolute Gasteiger partial charge is 0.343 e. The highest BCUT2D eigenvalue weighted by atomic mass is 16.2. The van der Waals surface area contributed by atoms with Gasteiger partial charge in [-0.15, -0.1) is 0 Å². The minimum Gasteiger partial charge on any atom is -0.343 e. The lowest BCUT2D eigenvalue weighted by Gasteiger charge is -2.39. The molecule has 0 bridgehead atoms. The maximum absolute atomic E-state index is 12.1. The summed E-state index contributed by atoms with van der Waals surface area (Å²) in [6.45, 7) is 10.7. The number of nitrogens with one attached hydrogen (secondary N) is 1. The third kappa shape index (κ3) is 3.21. The quantitative estimate of drug-likeness (QED) is 0.758. The second-order valence-corrected chi connectivity index (χ2v) is 7.05. The lowest BCUT2D eigenvalue weighted by atomic mass is 9.77. The summed E-state index contributed by atoms with van der Waals surface area (Å²) in [5.74, 6) is 0.346. The summed E-state index contributed by atoms with van der Waals surface area (Å²) in [6, 6.07) is 0. The zero-order valence-corrected chi connectivity index (χ0v) is 11.5. The molecular formula is C14H26N2O. The second kappa shape index (κ2) is 4.60. The van der Waals surface area contributed by atoms with Crippen molar-refractivity contribution in [1.29, 1.82) is 0 Å². The third-order valence-electron chi connectivity index (χ3n) is 4.19. The van der Waals surface area contributed by atoms with Crippen molar-refractivity contribution in [2.75, 3.05) is 26.2 Å². The van der Waals surface area contributed by atoms with E-state index in [4.69, 9.17) is 0 Å². The number of piperidine rings is 1. The Morgan fingerprint density at radius 3 is 2.35 bits per heavy atom. The van der Waals surface area contributed by atoms with Gasteiger partial charge in [0.2, 0.25) is 5.91 Å². The monoisotopic (exact) mass is 238 g/mol. The van der Waals surface area contributed by atoms with Gasteiger partial charge in [-0.3, -0.25) is 4.79 Å². The van der Waals surface area contributed by atoms with Crippen LogP contribution in [0.1, 0.15) is 46.5 Å².